The van der Waals surface area contributed by atoms with Crippen LogP contribution in [0.5, 0.6) is 0 Å². The normalized spacial score (nSPS) is 22.5. The van der Waals surface area contributed by atoms with Gasteiger partial charge in [0.25, 0.3) is 0 Å². The van der Waals surface area contributed by atoms with Gasteiger partial charge in [-0.1, -0.05) is 27.7 Å². The van der Waals surface area contributed by atoms with Crippen molar-refractivity contribution < 1.29 is 0 Å². The van der Waals surface area contributed by atoms with E-state index in [4.69, 9.17) is 0 Å². The number of rotatable bonds is 2. The van der Waals surface area contributed by atoms with E-state index in [9.17, 15) is 0 Å². The van der Waals surface area contributed by atoms with E-state index in [1.165, 1.54) is 0 Å². The van der Waals surface area contributed by atoms with E-state index >= 15 is 0 Å². The Morgan fingerprint density at radius 3 is 2.20 bits per heavy atom. The van der Waals surface area contributed by atoms with E-state index in [1.54, 1.807) is 6.33 Å². The van der Waals surface area contributed by atoms with E-state index < -0.39 is 0 Å². The van der Waals surface area contributed by atoms with Gasteiger partial charge in [-0.05, 0) is 17.8 Å². The minimum absolute atomic E-state index is 0.339. The summed E-state index contributed by atoms with van der Waals surface area (Å²) in [4.78, 5) is 8.32. The van der Waals surface area contributed by atoms with Crippen molar-refractivity contribution in [1.29, 1.82) is 0 Å². The molecule has 82 valence electrons. The summed E-state index contributed by atoms with van der Waals surface area (Å²) < 4.78 is 0. The molecule has 3 nitrogen and oxygen atoms in total. The summed E-state index contributed by atoms with van der Waals surface area (Å²) in [6.45, 7) is 11.1. The van der Waals surface area contributed by atoms with E-state index in [0.29, 0.717) is 16.9 Å². The van der Waals surface area contributed by atoms with Crippen molar-refractivity contribution in [3.63, 3.8) is 0 Å². The van der Waals surface area contributed by atoms with Gasteiger partial charge >= 0.3 is 0 Å². The highest BCUT2D eigenvalue weighted by atomic mass is 15.1. The first-order chi connectivity index (χ1) is 6.85. The molecule has 0 radical (unpaired) electrons. The topological polar surface area (TPSA) is 37.8 Å². The summed E-state index contributed by atoms with van der Waals surface area (Å²) in [6, 6.07) is 2.49. The second kappa shape index (κ2) is 2.94. The van der Waals surface area contributed by atoms with Crippen molar-refractivity contribution in [1.82, 2.24) is 9.97 Å². The lowest BCUT2D eigenvalue weighted by Crippen LogP contribution is -2.11. The van der Waals surface area contributed by atoms with Crippen LogP contribution in [0.25, 0.3) is 0 Å². The van der Waals surface area contributed by atoms with Crippen molar-refractivity contribution in [2.75, 3.05) is 5.32 Å². The van der Waals surface area contributed by atoms with Gasteiger partial charge in [0.1, 0.15) is 12.1 Å². The molecule has 0 saturated heterocycles. The van der Waals surface area contributed by atoms with Gasteiger partial charge in [-0.15, -0.1) is 0 Å². The lowest BCUT2D eigenvalue weighted by molar-refractivity contribution is 0.457. The second-order valence-corrected chi connectivity index (χ2v) is 5.57. The zero-order valence-electron chi connectivity index (χ0n) is 10.1. The smallest absolute Gasteiger partial charge is 0.129 e. The molecule has 3 heteroatoms. The lowest BCUT2D eigenvalue weighted by Gasteiger charge is -2.07. The molecule has 1 aromatic heterocycles. The number of aromatic nitrogens is 2. The Morgan fingerprint density at radius 1 is 1.13 bits per heavy atom. The van der Waals surface area contributed by atoms with Crippen LogP contribution in [0.2, 0.25) is 0 Å². The third-order valence-electron chi connectivity index (χ3n) is 4.12. The van der Waals surface area contributed by atoms with Crippen LogP contribution >= 0.6 is 0 Å². The van der Waals surface area contributed by atoms with Crippen LogP contribution in [-0.4, -0.2) is 16.0 Å². The fourth-order valence-electron chi connectivity index (χ4n) is 2.24. The summed E-state index contributed by atoms with van der Waals surface area (Å²) in [5.41, 5.74) is 1.68. The van der Waals surface area contributed by atoms with Crippen LogP contribution in [0, 0.1) is 17.8 Å². The van der Waals surface area contributed by atoms with Crippen LogP contribution in [0.1, 0.15) is 33.4 Å². The highest BCUT2D eigenvalue weighted by Crippen LogP contribution is 2.63. The van der Waals surface area contributed by atoms with Gasteiger partial charge in [0.2, 0.25) is 0 Å². The molecule has 2 rings (SSSR count). The average molecular weight is 205 g/mol. The lowest BCUT2D eigenvalue weighted by atomic mass is 10.0. The molecule has 0 unspecified atom stereocenters. The predicted octanol–water partition coefficient (Wildman–Crippen LogP) is 2.63. The maximum absolute atomic E-state index is 4.23. The minimum Gasteiger partial charge on any atom is -0.366 e. The van der Waals surface area contributed by atoms with Crippen LogP contribution < -0.4 is 5.32 Å². The van der Waals surface area contributed by atoms with Gasteiger partial charge < -0.3 is 5.32 Å². The summed E-state index contributed by atoms with van der Waals surface area (Å²) in [6.07, 6.45) is 1.61. The Morgan fingerprint density at radius 2 is 1.73 bits per heavy atom. The van der Waals surface area contributed by atoms with Crippen LogP contribution in [-0.2, 0) is 0 Å². The molecule has 0 atom stereocenters. The Kier molecular flexibility index (Phi) is 2.04. The fraction of sp³-hybridized carbons (Fsp3) is 0.667. The minimum atomic E-state index is 0.339. The first-order valence-corrected chi connectivity index (χ1v) is 5.41. The third kappa shape index (κ3) is 1.50. The number of nitrogens with one attached hydrogen (secondary N) is 1. The molecule has 0 bridgehead atoms. The maximum atomic E-state index is 4.23. The first-order valence-electron chi connectivity index (χ1n) is 5.41. The van der Waals surface area contributed by atoms with Gasteiger partial charge in [-0.2, -0.15) is 0 Å². The Hall–Kier alpha value is -1.12. The molecule has 1 N–H and O–H groups in total. The molecule has 15 heavy (non-hydrogen) atoms. The van der Waals surface area contributed by atoms with Crippen molar-refractivity contribution in [2.24, 2.45) is 10.8 Å². The van der Waals surface area contributed by atoms with Gasteiger partial charge in [-0.3, -0.25) is 0 Å². The number of aryl methyl sites for hydroxylation is 1. The fourth-order valence-corrected chi connectivity index (χ4v) is 2.24. The Balaban J connectivity index is 2.12. The highest BCUT2D eigenvalue weighted by molar-refractivity contribution is 5.41. The summed E-state index contributed by atoms with van der Waals surface area (Å²) in [5.74, 6) is 0.936. The highest BCUT2D eigenvalue weighted by Gasteiger charge is 2.65. The van der Waals surface area contributed by atoms with Crippen LogP contribution in [0.3, 0.4) is 0 Å². The predicted molar refractivity (Wildman–Crippen MR) is 61.7 cm³/mol. The van der Waals surface area contributed by atoms with Gasteiger partial charge in [0, 0.05) is 17.8 Å². The van der Waals surface area contributed by atoms with Crippen molar-refractivity contribution in [3.8, 4) is 0 Å². The standard InChI is InChI=1S/C12H19N3/c1-8-6-9(14-7-13-8)15-10-11(2,3)12(10,4)5/h6-7,10H,1-5H3,(H,13,14,15). The van der Waals surface area contributed by atoms with Gasteiger partial charge in [-0.25, -0.2) is 9.97 Å². The van der Waals surface area contributed by atoms with Crippen molar-refractivity contribution in [3.05, 3.63) is 18.1 Å². The van der Waals surface area contributed by atoms with Crippen LogP contribution in [0.4, 0.5) is 5.82 Å². The molecular weight excluding hydrogens is 186 g/mol. The van der Waals surface area contributed by atoms with E-state index in [1.807, 2.05) is 13.0 Å². The molecule has 0 aliphatic heterocycles. The van der Waals surface area contributed by atoms with Gasteiger partial charge in [0.15, 0.2) is 0 Å². The summed E-state index contributed by atoms with van der Waals surface area (Å²) >= 11 is 0. The van der Waals surface area contributed by atoms with Crippen LogP contribution in [0.15, 0.2) is 12.4 Å². The summed E-state index contributed by atoms with van der Waals surface area (Å²) in [7, 11) is 0. The Bertz CT molecular complexity index is 368. The SMILES string of the molecule is Cc1cc(NC2C(C)(C)C2(C)C)ncn1. The molecule has 0 spiro atoms. The Labute approximate surface area is 91.3 Å². The molecule has 0 amide bonds. The number of anilines is 1. The zero-order valence-corrected chi connectivity index (χ0v) is 10.1. The van der Waals surface area contributed by atoms with E-state index in [0.717, 1.165) is 11.5 Å². The molecule has 1 saturated carbocycles. The number of hydrogen-bond acceptors (Lipinski definition) is 3. The second-order valence-electron chi connectivity index (χ2n) is 5.57. The third-order valence-corrected chi connectivity index (χ3v) is 4.12. The zero-order chi connectivity index (χ0) is 11.3. The van der Waals surface area contributed by atoms with E-state index in [2.05, 4.69) is 43.0 Å². The maximum Gasteiger partial charge on any atom is 0.129 e. The largest absolute Gasteiger partial charge is 0.366 e. The molecule has 1 aliphatic rings. The molecule has 0 aromatic carbocycles. The summed E-state index contributed by atoms with van der Waals surface area (Å²) in [5, 5.41) is 3.49. The first kappa shape index (κ1) is 10.4. The molecule has 1 heterocycles. The van der Waals surface area contributed by atoms with Crippen molar-refractivity contribution >= 4 is 5.82 Å². The van der Waals surface area contributed by atoms with Gasteiger partial charge in [0.05, 0.1) is 0 Å². The number of nitrogens with zero attached hydrogens (tertiary/aromatic N) is 2. The molecule has 1 fully saturated rings. The number of hydrogen-bond donors (Lipinski definition) is 1. The quantitative estimate of drug-likeness (QED) is 0.806. The van der Waals surface area contributed by atoms with Crippen molar-refractivity contribution in [2.45, 2.75) is 40.7 Å². The monoisotopic (exact) mass is 205 g/mol. The molecule has 1 aliphatic carbocycles. The van der Waals surface area contributed by atoms with E-state index in [-0.39, 0.29) is 0 Å². The molecular formula is C12H19N3. The molecule has 1 aromatic rings. The average Bonchev–Trinajstić information content (AvgIpc) is 2.48.